The summed E-state index contributed by atoms with van der Waals surface area (Å²) in [7, 11) is 2.14. The van der Waals surface area contributed by atoms with E-state index in [2.05, 4.69) is 60.3 Å². The molecule has 3 heterocycles. The predicted octanol–water partition coefficient (Wildman–Crippen LogP) is 6.33. The number of pyridine rings is 1. The van der Waals surface area contributed by atoms with Crippen molar-refractivity contribution in [3.05, 3.63) is 59.3 Å². The molecule has 1 aliphatic heterocycles. The monoisotopic (exact) mass is 598 g/mol. The second kappa shape index (κ2) is 15.1. The molecule has 2 aromatic heterocycles. The Morgan fingerprint density at radius 1 is 1.09 bits per heavy atom. The van der Waals surface area contributed by atoms with Gasteiger partial charge in [0.15, 0.2) is 11.4 Å². The van der Waals surface area contributed by atoms with E-state index in [1.165, 1.54) is 5.56 Å². The van der Waals surface area contributed by atoms with Gasteiger partial charge in [-0.15, -0.1) is 0 Å². The Morgan fingerprint density at radius 2 is 1.86 bits per heavy atom. The van der Waals surface area contributed by atoms with Crippen molar-refractivity contribution < 1.29 is 14.4 Å². The maximum absolute atomic E-state index is 13.6. The molecule has 1 unspecified atom stereocenters. The van der Waals surface area contributed by atoms with Crippen LogP contribution in [-0.4, -0.2) is 63.1 Å². The molecule has 44 heavy (non-hydrogen) atoms. The van der Waals surface area contributed by atoms with E-state index in [0.29, 0.717) is 42.6 Å². The topological polar surface area (TPSA) is 110 Å². The van der Waals surface area contributed by atoms with Gasteiger partial charge in [-0.2, -0.15) is 5.10 Å². The first-order valence-electron chi connectivity index (χ1n) is 15.8. The van der Waals surface area contributed by atoms with Gasteiger partial charge < -0.3 is 10.2 Å². The molecule has 1 aromatic carbocycles. The number of carbonyl (C=O) groups is 3. The summed E-state index contributed by atoms with van der Waals surface area (Å²) in [5, 5.41) is 8.17. The Hall–Kier alpha value is -3.98. The highest BCUT2D eigenvalue weighted by Crippen LogP contribution is 2.28. The molecule has 0 saturated carbocycles. The molecule has 0 spiro atoms. The number of nitrogens with one attached hydrogen (secondary N) is 1. The van der Waals surface area contributed by atoms with Crippen molar-refractivity contribution in [3.8, 4) is 11.3 Å². The number of ketones is 1. The van der Waals surface area contributed by atoms with Crippen molar-refractivity contribution in [2.75, 3.05) is 20.1 Å². The number of hydrogen-bond donors (Lipinski definition) is 1. The maximum atomic E-state index is 13.6. The molecule has 0 fully saturated rings. The van der Waals surface area contributed by atoms with Gasteiger partial charge in [0.1, 0.15) is 0 Å². The number of fused-ring (bicyclic) bond motifs is 1. The lowest BCUT2D eigenvalue weighted by Crippen LogP contribution is -2.34. The van der Waals surface area contributed by atoms with Crippen LogP contribution in [0.1, 0.15) is 95.1 Å². The molecular formula is C35H46N6O3. The van der Waals surface area contributed by atoms with E-state index >= 15 is 0 Å². The van der Waals surface area contributed by atoms with Crippen molar-refractivity contribution in [1.82, 2.24) is 25.0 Å². The quantitative estimate of drug-likeness (QED) is 0.162. The third-order valence-electron chi connectivity index (χ3n) is 8.06. The van der Waals surface area contributed by atoms with Crippen LogP contribution in [0.3, 0.4) is 0 Å². The van der Waals surface area contributed by atoms with Crippen LogP contribution in [-0.2, 0) is 16.1 Å². The van der Waals surface area contributed by atoms with E-state index in [1.807, 2.05) is 35.9 Å². The summed E-state index contributed by atoms with van der Waals surface area (Å²) in [6, 6.07) is 10.4. The highest BCUT2D eigenvalue weighted by Gasteiger charge is 2.24. The predicted molar refractivity (Wildman–Crippen MR) is 176 cm³/mol. The fourth-order valence-corrected chi connectivity index (χ4v) is 5.59. The van der Waals surface area contributed by atoms with E-state index in [1.54, 1.807) is 13.1 Å². The number of amides is 2. The van der Waals surface area contributed by atoms with E-state index in [4.69, 9.17) is 4.98 Å². The van der Waals surface area contributed by atoms with Crippen LogP contribution in [0.25, 0.3) is 22.3 Å². The first kappa shape index (κ1) is 32.9. The molecule has 1 atom stereocenters. The van der Waals surface area contributed by atoms with Crippen molar-refractivity contribution in [3.63, 3.8) is 0 Å². The molecule has 0 saturated heterocycles. The lowest BCUT2D eigenvalue weighted by atomic mass is 9.96. The van der Waals surface area contributed by atoms with Crippen molar-refractivity contribution >= 4 is 34.3 Å². The number of nitrogens with zero attached hydrogens (tertiary/aromatic N) is 5. The average Bonchev–Trinajstić information content (AvgIpc) is 3.42. The molecule has 3 aromatic rings. The lowest BCUT2D eigenvalue weighted by molar-refractivity contribution is -0.122. The molecule has 0 bridgehead atoms. The second-order valence-electron chi connectivity index (χ2n) is 12.2. The van der Waals surface area contributed by atoms with E-state index in [9.17, 15) is 14.4 Å². The number of benzene rings is 1. The van der Waals surface area contributed by atoms with E-state index in [0.717, 1.165) is 48.1 Å². The third-order valence-corrected chi connectivity index (χ3v) is 8.06. The first-order chi connectivity index (χ1) is 21.1. The van der Waals surface area contributed by atoms with Gasteiger partial charge in [-0.25, -0.2) is 14.7 Å². The zero-order chi connectivity index (χ0) is 31.8. The minimum Gasteiger partial charge on any atom is -0.355 e. The van der Waals surface area contributed by atoms with Gasteiger partial charge in [0.2, 0.25) is 5.91 Å². The molecule has 1 N–H and O–H groups in total. The van der Waals surface area contributed by atoms with E-state index < -0.39 is 5.92 Å². The number of aromatic nitrogens is 3. The smallest absolute Gasteiger partial charge is 0.254 e. The number of aliphatic imine (C=N–C) groups is 1. The lowest BCUT2D eigenvalue weighted by Gasteiger charge is -2.18. The largest absolute Gasteiger partial charge is 0.355 e. The molecule has 4 rings (SSSR count). The zero-order valence-electron chi connectivity index (χ0n) is 27.0. The highest BCUT2D eigenvalue weighted by atomic mass is 16.2. The van der Waals surface area contributed by atoms with Gasteiger partial charge in [-0.05, 0) is 84.3 Å². The highest BCUT2D eigenvalue weighted by molar-refractivity contribution is 6.08. The zero-order valence-corrected chi connectivity index (χ0v) is 27.0. The summed E-state index contributed by atoms with van der Waals surface area (Å²) in [4.78, 5) is 49.6. The minimum absolute atomic E-state index is 0.0135. The molecule has 0 radical (unpaired) electrons. The molecule has 9 nitrogen and oxygen atoms in total. The third kappa shape index (κ3) is 8.34. The van der Waals surface area contributed by atoms with Gasteiger partial charge in [0, 0.05) is 54.2 Å². The number of Topliss-reactive ketones (excluding diaryl/α,β-unsaturated/α-hetero) is 1. The van der Waals surface area contributed by atoms with Crippen LogP contribution in [0.5, 0.6) is 0 Å². The van der Waals surface area contributed by atoms with E-state index in [-0.39, 0.29) is 30.2 Å². The first-order valence-corrected chi connectivity index (χ1v) is 15.8. The molecule has 234 valence electrons. The van der Waals surface area contributed by atoms with Crippen molar-refractivity contribution in [2.45, 2.75) is 85.7 Å². The van der Waals surface area contributed by atoms with Gasteiger partial charge in [-0.3, -0.25) is 14.4 Å². The van der Waals surface area contributed by atoms with Gasteiger partial charge in [0.05, 0.1) is 17.8 Å². The summed E-state index contributed by atoms with van der Waals surface area (Å²) in [5.41, 5.74) is 5.83. The summed E-state index contributed by atoms with van der Waals surface area (Å²) >= 11 is 0. The second-order valence-corrected chi connectivity index (χ2v) is 12.2. The van der Waals surface area contributed by atoms with Crippen molar-refractivity contribution in [1.29, 1.82) is 0 Å². The Labute approximate surface area is 260 Å². The van der Waals surface area contributed by atoms with Crippen LogP contribution >= 0.6 is 0 Å². The molecule has 0 aliphatic carbocycles. The fraction of sp³-hybridized carbons (Fsp3) is 0.486. The summed E-state index contributed by atoms with van der Waals surface area (Å²) in [6.45, 7) is 12.1. The number of rotatable bonds is 15. The number of allylic oxidation sites excluding steroid dienone is 1. The normalized spacial score (nSPS) is 15.2. The summed E-state index contributed by atoms with van der Waals surface area (Å²) in [6.07, 6.45) is 7.70. The SMILES string of the molecule is CCCCN(C)Cc1cccc(-c2cc(C(=O)CCCCC(=O)NCC3C(=O)N=C(C)C=C3C)c3cnn(C(C)C)c3n2)c1. The number of hydrogen-bond acceptors (Lipinski definition) is 6. The Balaban J connectivity index is 1.43. The molecule has 1 aliphatic rings. The van der Waals surface area contributed by atoms with Gasteiger partial charge in [0.25, 0.3) is 5.91 Å². The fourth-order valence-electron chi connectivity index (χ4n) is 5.59. The summed E-state index contributed by atoms with van der Waals surface area (Å²) < 4.78 is 1.86. The number of dihydropyridines is 1. The Morgan fingerprint density at radius 3 is 2.59 bits per heavy atom. The van der Waals surface area contributed by atoms with Crippen LogP contribution < -0.4 is 5.32 Å². The van der Waals surface area contributed by atoms with Crippen LogP contribution in [0, 0.1) is 5.92 Å². The van der Waals surface area contributed by atoms with Gasteiger partial charge >= 0.3 is 0 Å². The standard InChI is InChI=1S/C35H46N6O3/c1-7-8-16-40(6)22-26-12-11-13-27(18-26)31-19-28(30-21-37-41(23(2)3)34(30)39-31)32(42)14-9-10-15-33(43)36-20-29-24(4)17-25(5)38-35(29)44/h11-13,17-19,21,23,29H,7-10,14-16,20,22H2,1-6H3,(H,36,43). The maximum Gasteiger partial charge on any atom is 0.254 e. The Kier molecular flexibility index (Phi) is 11.3. The van der Waals surface area contributed by atoms with Crippen molar-refractivity contribution in [2.24, 2.45) is 10.9 Å². The minimum atomic E-state index is -0.415. The van der Waals surface area contributed by atoms with Crippen LogP contribution in [0.2, 0.25) is 0 Å². The number of unbranched alkanes of at least 4 members (excludes halogenated alkanes) is 2. The van der Waals surface area contributed by atoms with Crippen LogP contribution in [0.15, 0.2) is 53.2 Å². The van der Waals surface area contributed by atoms with Crippen LogP contribution in [0.4, 0.5) is 0 Å². The molecule has 9 heteroatoms. The van der Waals surface area contributed by atoms with Gasteiger partial charge in [-0.1, -0.05) is 37.1 Å². The molecule has 2 amide bonds. The molecular weight excluding hydrogens is 552 g/mol. The average molecular weight is 599 g/mol. The summed E-state index contributed by atoms with van der Waals surface area (Å²) in [5.74, 6) is -0.749. The number of carbonyl (C=O) groups excluding carboxylic acids is 3. The Bertz CT molecular complexity index is 1570.